The average molecular weight is 391 g/mol. The predicted octanol–water partition coefficient (Wildman–Crippen LogP) is 5.25. The Morgan fingerprint density at radius 1 is 1.14 bits per heavy atom. The number of rotatable bonds is 4. The Bertz CT molecular complexity index is 684. The molecule has 0 aliphatic rings. The van der Waals surface area contributed by atoms with E-state index in [2.05, 4.69) is 15.9 Å². The van der Waals surface area contributed by atoms with E-state index < -0.39 is 17.7 Å². The van der Waals surface area contributed by atoms with Crippen molar-refractivity contribution in [1.82, 2.24) is 0 Å². The van der Waals surface area contributed by atoms with Crippen molar-refractivity contribution in [2.45, 2.75) is 22.4 Å². The Balaban J connectivity index is 2.25. The van der Waals surface area contributed by atoms with Gasteiger partial charge in [-0.2, -0.15) is 13.2 Å². The summed E-state index contributed by atoms with van der Waals surface area (Å²) in [6.07, 6.45) is -4.55. The zero-order valence-electron chi connectivity index (χ0n) is 11.0. The first-order valence-electron chi connectivity index (χ1n) is 6.11. The number of aliphatic carboxylic acids is 1. The molecular weight excluding hydrogens is 381 g/mol. The maximum Gasteiger partial charge on any atom is 0.417 e. The molecule has 0 aliphatic heterocycles. The molecule has 0 saturated heterocycles. The van der Waals surface area contributed by atoms with E-state index >= 15 is 0 Å². The van der Waals surface area contributed by atoms with Gasteiger partial charge in [0.05, 0.1) is 12.0 Å². The van der Waals surface area contributed by atoms with Crippen molar-refractivity contribution < 1.29 is 23.1 Å². The molecule has 2 rings (SSSR count). The number of carboxylic acid groups (broad SMARTS) is 1. The summed E-state index contributed by atoms with van der Waals surface area (Å²) in [6.45, 7) is 0. The fraction of sp³-hybridized carbons (Fsp3) is 0.133. The second kappa shape index (κ2) is 6.75. The second-order valence-corrected chi connectivity index (χ2v) is 6.49. The van der Waals surface area contributed by atoms with Gasteiger partial charge in [0, 0.05) is 14.3 Å². The van der Waals surface area contributed by atoms with Gasteiger partial charge >= 0.3 is 12.1 Å². The number of carbonyl (C=O) groups is 1. The molecule has 0 saturated carbocycles. The van der Waals surface area contributed by atoms with E-state index in [0.717, 1.165) is 17.8 Å². The molecule has 0 fully saturated rings. The van der Waals surface area contributed by atoms with Gasteiger partial charge in [0.25, 0.3) is 0 Å². The predicted molar refractivity (Wildman–Crippen MR) is 81.0 cm³/mol. The van der Waals surface area contributed by atoms with Gasteiger partial charge in [-0.15, -0.1) is 0 Å². The van der Waals surface area contributed by atoms with Crippen molar-refractivity contribution in [2.75, 3.05) is 0 Å². The fourth-order valence-electron chi connectivity index (χ4n) is 1.79. The molecule has 1 N–H and O–H groups in total. The topological polar surface area (TPSA) is 37.3 Å². The van der Waals surface area contributed by atoms with Crippen molar-refractivity contribution >= 4 is 33.7 Å². The molecule has 0 amide bonds. The molecule has 2 aromatic carbocycles. The van der Waals surface area contributed by atoms with Gasteiger partial charge < -0.3 is 5.11 Å². The number of hydrogen-bond donors (Lipinski definition) is 1. The Kier molecular flexibility index (Phi) is 5.18. The smallest absolute Gasteiger partial charge is 0.417 e. The van der Waals surface area contributed by atoms with E-state index in [1.165, 1.54) is 6.07 Å². The summed E-state index contributed by atoms with van der Waals surface area (Å²) in [5.41, 5.74) is -0.106. The van der Waals surface area contributed by atoms with E-state index in [0.29, 0.717) is 14.9 Å². The van der Waals surface area contributed by atoms with Gasteiger partial charge in [0.15, 0.2) is 0 Å². The van der Waals surface area contributed by atoms with Crippen molar-refractivity contribution in [3.05, 3.63) is 58.1 Å². The number of carboxylic acids is 1. The normalized spacial score (nSPS) is 11.5. The third kappa shape index (κ3) is 4.51. The highest BCUT2D eigenvalue weighted by Crippen LogP contribution is 2.40. The molecule has 116 valence electrons. The Morgan fingerprint density at radius 3 is 2.32 bits per heavy atom. The quantitative estimate of drug-likeness (QED) is 0.774. The fourth-order valence-corrected chi connectivity index (χ4v) is 3.10. The highest BCUT2D eigenvalue weighted by atomic mass is 79.9. The molecule has 0 bridgehead atoms. The molecule has 2 aromatic rings. The van der Waals surface area contributed by atoms with Crippen LogP contribution in [0.25, 0.3) is 0 Å². The minimum Gasteiger partial charge on any atom is -0.481 e. The number of hydrogen-bond acceptors (Lipinski definition) is 2. The third-order valence-corrected chi connectivity index (χ3v) is 4.33. The van der Waals surface area contributed by atoms with Crippen LogP contribution < -0.4 is 0 Å². The van der Waals surface area contributed by atoms with Gasteiger partial charge in [-0.3, -0.25) is 4.79 Å². The van der Waals surface area contributed by atoms with E-state index in [1.807, 2.05) is 0 Å². The molecule has 0 aliphatic carbocycles. The number of benzene rings is 2. The van der Waals surface area contributed by atoms with Crippen molar-refractivity contribution in [2.24, 2.45) is 0 Å². The van der Waals surface area contributed by atoms with Crippen LogP contribution in [0, 0.1) is 0 Å². The molecule has 0 unspecified atom stereocenters. The van der Waals surface area contributed by atoms with Crippen LogP contribution in [-0.4, -0.2) is 11.1 Å². The SMILES string of the molecule is O=C(O)Cc1ccc(Sc2ccc(Br)cc2C(F)(F)F)cc1. The van der Waals surface area contributed by atoms with Crippen LogP contribution in [0.1, 0.15) is 11.1 Å². The monoisotopic (exact) mass is 390 g/mol. The molecule has 7 heteroatoms. The summed E-state index contributed by atoms with van der Waals surface area (Å²) < 4.78 is 39.5. The molecular formula is C15H10BrF3O2S. The zero-order valence-corrected chi connectivity index (χ0v) is 13.4. The summed E-state index contributed by atoms with van der Waals surface area (Å²) in [5, 5.41) is 8.69. The van der Waals surface area contributed by atoms with Crippen LogP contribution in [0.3, 0.4) is 0 Å². The lowest BCUT2D eigenvalue weighted by molar-refractivity contribution is -0.140. The first kappa shape index (κ1) is 16.9. The van der Waals surface area contributed by atoms with Crippen molar-refractivity contribution in [3.63, 3.8) is 0 Å². The summed E-state index contributed by atoms with van der Waals surface area (Å²) in [6, 6.07) is 10.4. The Hall–Kier alpha value is -1.47. The minimum atomic E-state index is -4.44. The van der Waals surface area contributed by atoms with E-state index in [1.54, 1.807) is 30.3 Å². The van der Waals surface area contributed by atoms with Gasteiger partial charge in [-0.1, -0.05) is 39.8 Å². The highest BCUT2D eigenvalue weighted by molar-refractivity contribution is 9.10. The summed E-state index contributed by atoms with van der Waals surface area (Å²) in [7, 11) is 0. The zero-order chi connectivity index (χ0) is 16.3. The maximum absolute atomic E-state index is 13.0. The lowest BCUT2D eigenvalue weighted by atomic mass is 10.2. The van der Waals surface area contributed by atoms with Crippen molar-refractivity contribution in [3.8, 4) is 0 Å². The van der Waals surface area contributed by atoms with E-state index in [-0.39, 0.29) is 11.3 Å². The van der Waals surface area contributed by atoms with Crippen LogP contribution >= 0.6 is 27.7 Å². The second-order valence-electron chi connectivity index (χ2n) is 4.45. The number of alkyl halides is 3. The molecule has 22 heavy (non-hydrogen) atoms. The largest absolute Gasteiger partial charge is 0.481 e. The highest BCUT2D eigenvalue weighted by Gasteiger charge is 2.33. The molecule has 2 nitrogen and oxygen atoms in total. The Labute approximate surface area is 137 Å². The van der Waals surface area contributed by atoms with Gasteiger partial charge in [-0.25, -0.2) is 0 Å². The molecule has 0 radical (unpaired) electrons. The van der Waals surface area contributed by atoms with Gasteiger partial charge in [-0.05, 0) is 35.9 Å². The minimum absolute atomic E-state index is 0.0988. The standard InChI is InChI=1S/C15H10BrF3O2S/c16-10-3-6-13(12(8-10)15(17,18)19)22-11-4-1-9(2-5-11)7-14(20)21/h1-6,8H,7H2,(H,20,21). The molecule has 0 aromatic heterocycles. The third-order valence-electron chi connectivity index (χ3n) is 2.75. The lowest BCUT2D eigenvalue weighted by Gasteiger charge is -2.13. The van der Waals surface area contributed by atoms with E-state index in [4.69, 9.17) is 5.11 Å². The van der Waals surface area contributed by atoms with Gasteiger partial charge in [0.2, 0.25) is 0 Å². The summed E-state index contributed by atoms with van der Waals surface area (Å²) >= 11 is 4.03. The maximum atomic E-state index is 13.0. The van der Waals surface area contributed by atoms with Crippen molar-refractivity contribution in [1.29, 1.82) is 0 Å². The molecule has 0 heterocycles. The first-order valence-corrected chi connectivity index (χ1v) is 7.72. The average Bonchev–Trinajstić information content (AvgIpc) is 2.41. The molecule has 0 spiro atoms. The van der Waals surface area contributed by atoms with Crippen LogP contribution in [0.4, 0.5) is 13.2 Å². The van der Waals surface area contributed by atoms with Crippen LogP contribution in [0.2, 0.25) is 0 Å². The van der Waals surface area contributed by atoms with Gasteiger partial charge in [0.1, 0.15) is 0 Å². The summed E-state index contributed by atoms with van der Waals surface area (Å²) in [5.74, 6) is -0.951. The van der Waals surface area contributed by atoms with Crippen LogP contribution in [0.5, 0.6) is 0 Å². The first-order chi connectivity index (χ1) is 10.3. The summed E-state index contributed by atoms with van der Waals surface area (Å²) in [4.78, 5) is 11.3. The van der Waals surface area contributed by atoms with Crippen LogP contribution in [-0.2, 0) is 17.4 Å². The number of halogens is 4. The van der Waals surface area contributed by atoms with E-state index in [9.17, 15) is 18.0 Å². The lowest BCUT2D eigenvalue weighted by Crippen LogP contribution is -2.06. The van der Waals surface area contributed by atoms with Crippen LogP contribution in [0.15, 0.2) is 56.7 Å². The molecule has 0 atom stereocenters. The Morgan fingerprint density at radius 2 is 1.77 bits per heavy atom.